The third-order valence-corrected chi connectivity index (χ3v) is 7.23. The molecular weight excluding hydrogens is 488 g/mol. The van der Waals surface area contributed by atoms with Crippen molar-refractivity contribution in [3.63, 3.8) is 0 Å². The third kappa shape index (κ3) is 2.99. The van der Waals surface area contributed by atoms with E-state index in [-0.39, 0.29) is 38.2 Å². The van der Waals surface area contributed by atoms with Gasteiger partial charge in [-0.15, -0.1) is 0 Å². The highest BCUT2D eigenvalue weighted by Gasteiger charge is 2.18. The van der Waals surface area contributed by atoms with Crippen LogP contribution in [0, 0.1) is 0 Å². The molecule has 9 aromatic rings. The van der Waals surface area contributed by atoms with Crippen LogP contribution in [0.3, 0.4) is 0 Å². The molecule has 7 aromatic carbocycles. The molecule has 0 saturated carbocycles. The Kier molecular flexibility index (Phi) is 2.39. The molecule has 0 aliphatic heterocycles. The molecule has 0 atom stereocenters. The van der Waals surface area contributed by atoms with Gasteiger partial charge in [-0.2, -0.15) is 0 Å². The molecule has 0 saturated heterocycles. The van der Waals surface area contributed by atoms with Crippen molar-refractivity contribution in [1.82, 2.24) is 0 Å². The maximum atomic E-state index is 9.36. The van der Waals surface area contributed by atoms with E-state index in [1.807, 2.05) is 0 Å². The van der Waals surface area contributed by atoms with Crippen molar-refractivity contribution in [2.45, 2.75) is 0 Å². The molecule has 9 rings (SSSR count). The van der Waals surface area contributed by atoms with Crippen LogP contribution in [0.1, 0.15) is 20.6 Å². The van der Waals surface area contributed by atoms with Crippen LogP contribution in [0.2, 0.25) is 0 Å². The highest BCUT2D eigenvalue weighted by atomic mass is 16.3. The van der Waals surface area contributed by atoms with Crippen LogP contribution in [-0.2, 0) is 0 Å². The zero-order chi connectivity index (χ0) is 39.3. The SMILES string of the molecule is [2H]c1c([2H])c([2H])c2c([2H])c(-c3c4c([2H])c([2H])c([2H])c([2H])c4c(-c4ccc5c(c4)oc4ccc6occc6c45)c4c([2H])c([2H])c([2H])c([2H])c34)c([2H])c([2H])c2c1[2H]. The Hall–Kier alpha value is -5.34. The van der Waals surface area contributed by atoms with Gasteiger partial charge in [0.25, 0.3) is 0 Å². The van der Waals surface area contributed by atoms with Crippen molar-refractivity contribution in [1.29, 1.82) is 0 Å². The third-order valence-electron chi connectivity index (χ3n) is 7.23. The van der Waals surface area contributed by atoms with Gasteiger partial charge in [0, 0.05) is 16.2 Å². The molecule has 0 radical (unpaired) electrons. The lowest BCUT2D eigenvalue weighted by molar-refractivity contribution is 0.615. The standard InChI is InChI=1S/C38H22O2/c1-2-8-24-21-25(14-13-23(24)7-1)36-27-9-3-5-11-29(27)37(30-12-6-4-10-28(30)36)26-15-16-31-35(22-26)40-34-18-17-33-32(38(31)34)19-20-39-33/h1-22H/i1D,2D,3D,4D,5D,6D,7D,8D,9D,10D,11D,12D,13D,14D,21D. The second kappa shape index (κ2) is 8.08. The molecule has 0 bridgehead atoms. The van der Waals surface area contributed by atoms with E-state index in [0.29, 0.717) is 22.1 Å². The summed E-state index contributed by atoms with van der Waals surface area (Å²) in [4.78, 5) is 0. The van der Waals surface area contributed by atoms with E-state index in [4.69, 9.17) is 21.2 Å². The molecule has 40 heavy (non-hydrogen) atoms. The Morgan fingerprint density at radius 3 is 1.85 bits per heavy atom. The van der Waals surface area contributed by atoms with Crippen LogP contribution in [0.4, 0.5) is 0 Å². The Morgan fingerprint density at radius 1 is 0.475 bits per heavy atom. The molecule has 0 spiro atoms. The van der Waals surface area contributed by atoms with Crippen LogP contribution in [0.25, 0.3) is 87.5 Å². The fourth-order valence-electron chi connectivity index (χ4n) is 5.54. The van der Waals surface area contributed by atoms with Gasteiger partial charge in [-0.1, -0.05) is 90.7 Å². The topological polar surface area (TPSA) is 26.3 Å². The molecule has 2 nitrogen and oxygen atoms in total. The fraction of sp³-hybridized carbons (Fsp3) is 0. The highest BCUT2D eigenvalue weighted by Crippen LogP contribution is 2.45. The summed E-state index contributed by atoms with van der Waals surface area (Å²) in [5.41, 5.74) is 0.891. The van der Waals surface area contributed by atoms with E-state index in [0.717, 1.165) is 10.8 Å². The van der Waals surface area contributed by atoms with E-state index in [2.05, 4.69) is 0 Å². The minimum absolute atomic E-state index is 0.00423. The molecule has 0 fully saturated rings. The predicted molar refractivity (Wildman–Crippen MR) is 167 cm³/mol. The van der Waals surface area contributed by atoms with Crippen molar-refractivity contribution >= 4 is 65.2 Å². The Bertz CT molecular complexity index is 3190. The van der Waals surface area contributed by atoms with Crippen LogP contribution < -0.4 is 0 Å². The van der Waals surface area contributed by atoms with E-state index in [1.54, 1.807) is 42.7 Å². The molecule has 2 heterocycles. The van der Waals surface area contributed by atoms with Crippen LogP contribution in [-0.4, -0.2) is 0 Å². The quantitative estimate of drug-likeness (QED) is 0.210. The Balaban J connectivity index is 1.55. The monoisotopic (exact) mass is 525 g/mol. The summed E-state index contributed by atoms with van der Waals surface area (Å²) >= 11 is 0. The average molecular weight is 526 g/mol. The number of fused-ring (bicyclic) bond motifs is 8. The highest BCUT2D eigenvalue weighted by molar-refractivity contribution is 6.23. The summed E-state index contributed by atoms with van der Waals surface area (Å²) in [7, 11) is 0. The smallest absolute Gasteiger partial charge is 0.136 e. The number of rotatable bonds is 2. The zero-order valence-electron chi connectivity index (χ0n) is 35.4. The van der Waals surface area contributed by atoms with Crippen molar-refractivity contribution in [3.05, 3.63) is 133 Å². The molecule has 0 amide bonds. The summed E-state index contributed by atoms with van der Waals surface area (Å²) < 4.78 is 145. The molecular formula is C38H22O2. The van der Waals surface area contributed by atoms with Crippen LogP contribution in [0.5, 0.6) is 0 Å². The van der Waals surface area contributed by atoms with E-state index in [1.165, 1.54) is 0 Å². The second-order valence-corrected chi connectivity index (χ2v) is 9.33. The minimum atomic E-state index is -0.744. The molecule has 2 heteroatoms. The first kappa shape index (κ1) is 11.8. The summed E-state index contributed by atoms with van der Waals surface area (Å²) in [5.74, 6) is 0. The minimum Gasteiger partial charge on any atom is -0.464 e. The summed E-state index contributed by atoms with van der Waals surface area (Å²) in [6.45, 7) is 0. The first-order valence-electron chi connectivity index (χ1n) is 19.9. The van der Waals surface area contributed by atoms with Gasteiger partial charge in [0.05, 0.1) is 26.8 Å². The molecule has 186 valence electrons. The molecule has 0 aliphatic carbocycles. The van der Waals surface area contributed by atoms with Crippen LogP contribution >= 0.6 is 0 Å². The number of hydrogen-bond acceptors (Lipinski definition) is 2. The maximum absolute atomic E-state index is 9.36. The zero-order valence-corrected chi connectivity index (χ0v) is 20.4. The largest absolute Gasteiger partial charge is 0.464 e. The second-order valence-electron chi connectivity index (χ2n) is 9.33. The average Bonchev–Trinajstić information content (AvgIpc) is 3.80. The van der Waals surface area contributed by atoms with Gasteiger partial charge in [-0.3, -0.25) is 0 Å². The number of benzene rings is 7. The maximum Gasteiger partial charge on any atom is 0.136 e. The first-order valence-corrected chi connectivity index (χ1v) is 12.4. The van der Waals surface area contributed by atoms with Crippen molar-refractivity contribution in [3.8, 4) is 22.3 Å². The van der Waals surface area contributed by atoms with Gasteiger partial charge in [0.15, 0.2) is 0 Å². The van der Waals surface area contributed by atoms with Gasteiger partial charge in [-0.25, -0.2) is 0 Å². The lowest BCUT2D eigenvalue weighted by Gasteiger charge is -2.18. The van der Waals surface area contributed by atoms with E-state index >= 15 is 0 Å². The molecule has 0 aliphatic rings. The van der Waals surface area contributed by atoms with Crippen molar-refractivity contribution in [2.24, 2.45) is 0 Å². The summed E-state index contributed by atoms with van der Waals surface area (Å²) in [6, 6.07) is 0.180. The molecule has 0 unspecified atom stereocenters. The van der Waals surface area contributed by atoms with E-state index in [9.17, 15) is 8.22 Å². The van der Waals surface area contributed by atoms with Crippen LogP contribution in [0.15, 0.2) is 142 Å². The van der Waals surface area contributed by atoms with Gasteiger partial charge in [0.1, 0.15) is 16.7 Å². The lowest BCUT2D eigenvalue weighted by Crippen LogP contribution is -1.91. The van der Waals surface area contributed by atoms with Gasteiger partial charge in [-0.05, 0) is 90.9 Å². The number of furan rings is 2. The number of hydrogen-bond donors (Lipinski definition) is 0. The first-order chi connectivity index (χ1) is 26.1. The van der Waals surface area contributed by atoms with Gasteiger partial charge < -0.3 is 8.83 Å². The molecule has 2 aromatic heterocycles. The lowest BCUT2D eigenvalue weighted by atomic mass is 9.85. The Morgan fingerprint density at radius 2 is 1.10 bits per heavy atom. The predicted octanol–water partition coefficient (Wildman–Crippen LogP) is 11.1. The van der Waals surface area contributed by atoms with Crippen molar-refractivity contribution in [2.75, 3.05) is 0 Å². The summed E-state index contributed by atoms with van der Waals surface area (Å²) in [5, 5.41) is 0.350. The molecule has 0 N–H and O–H groups in total. The fourth-order valence-corrected chi connectivity index (χ4v) is 5.54. The van der Waals surface area contributed by atoms with Gasteiger partial charge >= 0.3 is 0 Å². The normalized spacial score (nSPS) is 17.2. The van der Waals surface area contributed by atoms with E-state index < -0.39 is 107 Å². The Labute approximate surface area is 250 Å². The van der Waals surface area contributed by atoms with Crippen molar-refractivity contribution < 1.29 is 29.4 Å². The van der Waals surface area contributed by atoms with Gasteiger partial charge in [0.2, 0.25) is 0 Å². The summed E-state index contributed by atoms with van der Waals surface area (Å²) in [6.07, 6.45) is 1.55.